The molecule has 3 aromatic rings. The zero-order valence-corrected chi connectivity index (χ0v) is 16.0. The van der Waals surface area contributed by atoms with Crippen molar-refractivity contribution in [2.75, 3.05) is 20.5 Å². The number of nitriles is 1. The smallest absolute Gasteiger partial charge is 0.344 e. The predicted molar refractivity (Wildman–Crippen MR) is 104 cm³/mol. The Hall–Kier alpha value is -3.63. The fourth-order valence-corrected chi connectivity index (χ4v) is 2.89. The van der Waals surface area contributed by atoms with Crippen LogP contribution >= 0.6 is 0 Å². The molecule has 0 fully saturated rings. The molecule has 7 heteroatoms. The number of benzene rings is 2. The molecule has 0 saturated heterocycles. The second-order valence-electron chi connectivity index (χ2n) is 6.04. The van der Waals surface area contributed by atoms with E-state index >= 15 is 0 Å². The monoisotopic (exact) mass is 394 g/mol. The van der Waals surface area contributed by atoms with E-state index in [0.717, 1.165) is 5.56 Å². The van der Waals surface area contributed by atoms with Gasteiger partial charge >= 0.3 is 5.97 Å². The quantitative estimate of drug-likeness (QED) is 0.441. The first kappa shape index (κ1) is 20.1. The second-order valence-corrected chi connectivity index (χ2v) is 6.04. The van der Waals surface area contributed by atoms with Crippen molar-refractivity contribution in [1.29, 1.82) is 5.26 Å². The molecule has 0 radical (unpaired) electrons. The van der Waals surface area contributed by atoms with Gasteiger partial charge in [-0.1, -0.05) is 30.3 Å². The Labute approximate surface area is 167 Å². The second kappa shape index (κ2) is 9.04. The number of esters is 1. The highest BCUT2D eigenvalue weighted by Crippen LogP contribution is 2.30. The molecular formula is C22H19FN2O4. The fourth-order valence-electron chi connectivity index (χ4n) is 2.89. The van der Waals surface area contributed by atoms with Crippen LogP contribution in [0.5, 0.6) is 5.75 Å². The van der Waals surface area contributed by atoms with E-state index < -0.39 is 11.8 Å². The minimum absolute atomic E-state index is 0.00577. The molecule has 3 rings (SSSR count). The van der Waals surface area contributed by atoms with E-state index in [1.807, 2.05) is 30.3 Å². The molecular weight excluding hydrogens is 375 g/mol. The van der Waals surface area contributed by atoms with Crippen molar-refractivity contribution >= 4 is 5.97 Å². The van der Waals surface area contributed by atoms with Gasteiger partial charge in [0.2, 0.25) is 0 Å². The van der Waals surface area contributed by atoms with Crippen LogP contribution in [0.25, 0.3) is 16.8 Å². The standard InChI is InChI=1S/C22H19FN2O4/c1-3-28-22(26)21-19(23)9-17(10-20(21)29-14-27-2)25-12-16(11-24)18(13-25)15-7-5-4-6-8-15/h4-10,12-13H,3,14H2,1-2H3. The van der Waals surface area contributed by atoms with Crippen LogP contribution in [-0.2, 0) is 9.47 Å². The summed E-state index contributed by atoms with van der Waals surface area (Å²) < 4.78 is 31.6. The van der Waals surface area contributed by atoms with Gasteiger partial charge in [0.25, 0.3) is 0 Å². The number of hydrogen-bond acceptors (Lipinski definition) is 5. The first-order chi connectivity index (χ1) is 14.1. The van der Waals surface area contributed by atoms with Gasteiger partial charge < -0.3 is 18.8 Å². The maximum Gasteiger partial charge on any atom is 0.344 e. The zero-order chi connectivity index (χ0) is 20.8. The molecule has 6 nitrogen and oxygen atoms in total. The van der Waals surface area contributed by atoms with Gasteiger partial charge in [0.15, 0.2) is 6.79 Å². The lowest BCUT2D eigenvalue weighted by Crippen LogP contribution is -2.12. The number of nitrogens with zero attached hydrogens (tertiary/aromatic N) is 2. The number of hydrogen-bond donors (Lipinski definition) is 0. The van der Waals surface area contributed by atoms with Crippen molar-refractivity contribution in [3.05, 3.63) is 71.8 Å². The van der Waals surface area contributed by atoms with E-state index in [1.165, 1.54) is 19.2 Å². The van der Waals surface area contributed by atoms with Crippen LogP contribution < -0.4 is 4.74 Å². The SMILES string of the molecule is CCOC(=O)c1c(F)cc(-n2cc(C#N)c(-c3ccccc3)c2)cc1OCOC. The van der Waals surface area contributed by atoms with Crippen LogP contribution in [0.15, 0.2) is 54.9 Å². The summed E-state index contributed by atoms with van der Waals surface area (Å²) in [5, 5.41) is 9.50. The molecule has 2 aromatic carbocycles. The Kier molecular flexibility index (Phi) is 6.27. The molecule has 0 N–H and O–H groups in total. The highest BCUT2D eigenvalue weighted by Gasteiger charge is 2.22. The van der Waals surface area contributed by atoms with Crippen molar-refractivity contribution in [1.82, 2.24) is 4.57 Å². The van der Waals surface area contributed by atoms with Gasteiger partial charge in [-0.25, -0.2) is 9.18 Å². The number of methoxy groups -OCH3 is 1. The summed E-state index contributed by atoms with van der Waals surface area (Å²) in [5.74, 6) is -1.62. The zero-order valence-electron chi connectivity index (χ0n) is 16.0. The minimum atomic E-state index is -0.821. The van der Waals surface area contributed by atoms with Crippen molar-refractivity contribution < 1.29 is 23.4 Å². The largest absolute Gasteiger partial charge is 0.466 e. The molecule has 0 spiro atoms. The average Bonchev–Trinajstić information content (AvgIpc) is 3.17. The number of ether oxygens (including phenoxy) is 3. The van der Waals surface area contributed by atoms with Crippen LogP contribution in [0.2, 0.25) is 0 Å². The first-order valence-electron chi connectivity index (χ1n) is 8.89. The molecule has 148 valence electrons. The van der Waals surface area contributed by atoms with Gasteiger partial charge in [-0.2, -0.15) is 5.26 Å². The first-order valence-corrected chi connectivity index (χ1v) is 8.89. The molecule has 0 bridgehead atoms. The van der Waals surface area contributed by atoms with Crippen molar-refractivity contribution in [2.45, 2.75) is 6.92 Å². The molecule has 0 aliphatic carbocycles. The molecule has 0 atom stereocenters. The topological polar surface area (TPSA) is 73.5 Å². The molecule has 0 aliphatic heterocycles. The van der Waals surface area contributed by atoms with E-state index in [4.69, 9.17) is 14.2 Å². The van der Waals surface area contributed by atoms with Crippen LogP contribution in [0.3, 0.4) is 0 Å². The normalized spacial score (nSPS) is 10.4. The Balaban J connectivity index is 2.10. The van der Waals surface area contributed by atoms with Crippen molar-refractivity contribution in [3.8, 4) is 28.6 Å². The van der Waals surface area contributed by atoms with Gasteiger partial charge in [0.05, 0.1) is 17.9 Å². The maximum absolute atomic E-state index is 14.8. The third-order valence-corrected chi connectivity index (χ3v) is 4.18. The van der Waals surface area contributed by atoms with E-state index in [1.54, 1.807) is 23.9 Å². The summed E-state index contributed by atoms with van der Waals surface area (Å²) >= 11 is 0. The third-order valence-electron chi connectivity index (χ3n) is 4.18. The number of carbonyl (C=O) groups is 1. The summed E-state index contributed by atoms with van der Waals surface area (Å²) in [7, 11) is 1.42. The number of halogens is 1. The van der Waals surface area contributed by atoms with E-state index in [-0.39, 0.29) is 24.7 Å². The summed E-state index contributed by atoms with van der Waals surface area (Å²) in [5.41, 5.74) is 2.10. The van der Waals surface area contributed by atoms with Crippen molar-refractivity contribution in [2.24, 2.45) is 0 Å². The van der Waals surface area contributed by atoms with Crippen LogP contribution in [0.4, 0.5) is 4.39 Å². The molecule has 0 aliphatic rings. The van der Waals surface area contributed by atoms with Crippen LogP contribution in [-0.4, -0.2) is 31.0 Å². The predicted octanol–water partition coefficient (Wildman–Crippen LogP) is 4.31. The molecule has 1 heterocycles. The molecule has 0 unspecified atom stereocenters. The Bertz CT molecular complexity index is 1050. The minimum Gasteiger partial charge on any atom is -0.466 e. The summed E-state index contributed by atoms with van der Waals surface area (Å²) in [6, 6.07) is 14.3. The lowest BCUT2D eigenvalue weighted by atomic mass is 10.1. The van der Waals surface area contributed by atoms with E-state index in [2.05, 4.69) is 6.07 Å². The highest BCUT2D eigenvalue weighted by molar-refractivity contribution is 5.93. The lowest BCUT2D eigenvalue weighted by molar-refractivity contribution is 0.0431. The van der Waals surface area contributed by atoms with Crippen LogP contribution in [0, 0.1) is 17.1 Å². The molecule has 29 heavy (non-hydrogen) atoms. The Morgan fingerprint density at radius 2 is 1.97 bits per heavy atom. The number of rotatable bonds is 7. The summed E-state index contributed by atoms with van der Waals surface area (Å²) in [6.45, 7) is 1.57. The highest BCUT2D eigenvalue weighted by atomic mass is 19.1. The summed E-state index contributed by atoms with van der Waals surface area (Å²) in [4.78, 5) is 12.2. The molecule has 0 amide bonds. The number of carbonyl (C=O) groups excluding carboxylic acids is 1. The van der Waals surface area contributed by atoms with Gasteiger partial charge in [-0.15, -0.1) is 0 Å². The maximum atomic E-state index is 14.8. The van der Waals surface area contributed by atoms with Gasteiger partial charge in [-0.3, -0.25) is 0 Å². The van der Waals surface area contributed by atoms with Crippen molar-refractivity contribution in [3.63, 3.8) is 0 Å². The fraction of sp³-hybridized carbons (Fsp3) is 0.182. The molecule has 0 saturated carbocycles. The van der Waals surface area contributed by atoms with Crippen LogP contribution in [0.1, 0.15) is 22.8 Å². The Morgan fingerprint density at radius 1 is 1.21 bits per heavy atom. The van der Waals surface area contributed by atoms with Gasteiger partial charge in [0, 0.05) is 31.1 Å². The average molecular weight is 394 g/mol. The van der Waals surface area contributed by atoms with Gasteiger partial charge in [-0.05, 0) is 18.6 Å². The van der Waals surface area contributed by atoms with Gasteiger partial charge in [0.1, 0.15) is 23.2 Å². The summed E-state index contributed by atoms with van der Waals surface area (Å²) in [6.07, 6.45) is 3.33. The van der Waals surface area contributed by atoms with E-state index in [9.17, 15) is 14.4 Å². The molecule has 1 aromatic heterocycles. The van der Waals surface area contributed by atoms with E-state index in [0.29, 0.717) is 16.8 Å². The lowest BCUT2D eigenvalue weighted by Gasteiger charge is -2.13. The Morgan fingerprint density at radius 3 is 2.62 bits per heavy atom. The number of aromatic nitrogens is 1. The third kappa shape index (κ3) is 4.28.